The fourth-order valence-electron chi connectivity index (χ4n) is 3.87. The van der Waals surface area contributed by atoms with Crippen molar-refractivity contribution >= 4 is 15.9 Å². The van der Waals surface area contributed by atoms with Gasteiger partial charge in [-0.3, -0.25) is 4.79 Å². The maximum absolute atomic E-state index is 12.8. The number of sulfonamides is 1. The molecule has 7 heteroatoms. The molecule has 2 unspecified atom stereocenters. The normalized spacial score (nSPS) is 26.0. The summed E-state index contributed by atoms with van der Waals surface area (Å²) < 4.78 is 26.9. The van der Waals surface area contributed by atoms with Crippen LogP contribution in [0.4, 0.5) is 0 Å². The number of hydrogen-bond donors (Lipinski definition) is 2. The van der Waals surface area contributed by atoms with Gasteiger partial charge in [0.15, 0.2) is 0 Å². The summed E-state index contributed by atoms with van der Waals surface area (Å²) in [4.78, 5) is 14.8. The van der Waals surface area contributed by atoms with Gasteiger partial charge in [-0.05, 0) is 63.8 Å². The summed E-state index contributed by atoms with van der Waals surface area (Å²) in [6, 6.07) is 7.31. The summed E-state index contributed by atoms with van der Waals surface area (Å²) in [5.41, 5.74) is 0.525. The molecule has 1 amide bonds. The zero-order chi connectivity index (χ0) is 18.2. The van der Waals surface area contributed by atoms with E-state index in [1.807, 2.05) is 11.9 Å². The molecule has 0 radical (unpaired) electrons. The molecule has 3 rings (SSSR count). The highest BCUT2D eigenvalue weighted by atomic mass is 32.2. The van der Waals surface area contributed by atoms with Crippen LogP contribution in [0.15, 0.2) is 29.2 Å². The molecule has 2 aliphatic heterocycles. The second kappa shape index (κ2) is 7.05. The third kappa shape index (κ3) is 4.04. The minimum atomic E-state index is -3.53. The van der Waals surface area contributed by atoms with E-state index in [0.717, 1.165) is 12.8 Å². The summed E-state index contributed by atoms with van der Waals surface area (Å²) in [6.07, 6.45) is 4.37. The maximum atomic E-state index is 12.8. The maximum Gasteiger partial charge on any atom is 0.253 e. The van der Waals surface area contributed by atoms with Gasteiger partial charge in [0, 0.05) is 36.8 Å². The first-order valence-electron chi connectivity index (χ1n) is 8.92. The molecule has 0 spiro atoms. The number of hydrogen-bond acceptors (Lipinski definition) is 4. The number of carbonyl (C=O) groups excluding carboxylic acids is 1. The molecule has 138 valence electrons. The van der Waals surface area contributed by atoms with E-state index >= 15 is 0 Å². The van der Waals surface area contributed by atoms with Gasteiger partial charge in [-0.1, -0.05) is 0 Å². The number of fused-ring (bicyclic) bond motifs is 2. The number of nitrogens with one attached hydrogen (secondary N) is 2. The van der Waals surface area contributed by atoms with Crippen LogP contribution in [0.5, 0.6) is 0 Å². The smallest absolute Gasteiger partial charge is 0.253 e. The molecular formula is C18H27N3O3S. The van der Waals surface area contributed by atoms with Crippen molar-refractivity contribution in [2.45, 2.75) is 68.6 Å². The van der Waals surface area contributed by atoms with E-state index in [0.29, 0.717) is 17.6 Å². The average molecular weight is 365 g/mol. The first-order chi connectivity index (χ1) is 11.8. The topological polar surface area (TPSA) is 78.5 Å². The lowest BCUT2D eigenvalue weighted by molar-refractivity contribution is 0.0681. The van der Waals surface area contributed by atoms with E-state index in [1.54, 1.807) is 26.0 Å². The van der Waals surface area contributed by atoms with Crippen LogP contribution in [0.25, 0.3) is 0 Å². The predicted molar refractivity (Wildman–Crippen MR) is 97.0 cm³/mol. The second-order valence-corrected chi connectivity index (χ2v) is 9.19. The van der Waals surface area contributed by atoms with Crippen LogP contribution in [0.2, 0.25) is 0 Å². The van der Waals surface area contributed by atoms with E-state index < -0.39 is 10.0 Å². The van der Waals surface area contributed by atoms with Crippen LogP contribution in [-0.2, 0) is 10.0 Å². The zero-order valence-electron chi connectivity index (χ0n) is 15.0. The summed E-state index contributed by atoms with van der Waals surface area (Å²) >= 11 is 0. The summed E-state index contributed by atoms with van der Waals surface area (Å²) in [5.74, 6) is -0.0490. The lowest BCUT2D eigenvalue weighted by Gasteiger charge is -2.35. The quantitative estimate of drug-likeness (QED) is 0.833. The van der Waals surface area contributed by atoms with Crippen LogP contribution in [0, 0.1) is 0 Å². The van der Waals surface area contributed by atoms with Gasteiger partial charge in [0.25, 0.3) is 5.91 Å². The van der Waals surface area contributed by atoms with Gasteiger partial charge < -0.3 is 10.2 Å². The van der Waals surface area contributed by atoms with Crippen LogP contribution in [0.3, 0.4) is 0 Å². The van der Waals surface area contributed by atoms with Crippen molar-refractivity contribution in [2.75, 3.05) is 7.05 Å². The Morgan fingerprint density at radius 3 is 2.24 bits per heavy atom. The Bertz CT molecular complexity index is 718. The molecule has 2 heterocycles. The first kappa shape index (κ1) is 18.4. The van der Waals surface area contributed by atoms with Crippen molar-refractivity contribution in [1.29, 1.82) is 0 Å². The molecule has 0 aliphatic carbocycles. The minimum Gasteiger partial charge on any atom is -0.339 e. The molecule has 0 saturated carbocycles. The molecule has 1 aromatic rings. The second-order valence-electron chi connectivity index (χ2n) is 7.48. The molecule has 2 aliphatic rings. The Labute approximate surface area is 150 Å². The number of rotatable bonds is 5. The van der Waals surface area contributed by atoms with Gasteiger partial charge in [-0.2, -0.15) is 0 Å². The molecule has 2 bridgehead atoms. The average Bonchev–Trinajstić information content (AvgIpc) is 2.90. The molecule has 2 fully saturated rings. The van der Waals surface area contributed by atoms with Crippen molar-refractivity contribution in [3.63, 3.8) is 0 Å². The molecule has 2 saturated heterocycles. The van der Waals surface area contributed by atoms with Crippen LogP contribution in [-0.4, -0.2) is 50.4 Å². The number of piperidine rings is 1. The van der Waals surface area contributed by atoms with Crippen LogP contribution in [0.1, 0.15) is 49.9 Å². The highest BCUT2D eigenvalue weighted by Crippen LogP contribution is 2.29. The van der Waals surface area contributed by atoms with Crippen LogP contribution < -0.4 is 10.0 Å². The molecule has 0 aromatic heterocycles. The first-order valence-corrected chi connectivity index (χ1v) is 10.4. The van der Waals surface area contributed by atoms with Crippen molar-refractivity contribution < 1.29 is 13.2 Å². The van der Waals surface area contributed by atoms with Gasteiger partial charge in [0.1, 0.15) is 0 Å². The highest BCUT2D eigenvalue weighted by molar-refractivity contribution is 7.89. The van der Waals surface area contributed by atoms with E-state index in [2.05, 4.69) is 10.0 Å². The highest BCUT2D eigenvalue weighted by Gasteiger charge is 2.36. The van der Waals surface area contributed by atoms with Gasteiger partial charge in [0.05, 0.1) is 4.90 Å². The number of carbonyl (C=O) groups is 1. The SMILES string of the molecule is CC(C)NS(=O)(=O)c1ccc(C(=O)N(C)C2CC3CCC(C2)N3)cc1. The van der Waals surface area contributed by atoms with E-state index in [1.165, 1.54) is 25.0 Å². The van der Waals surface area contributed by atoms with Crippen molar-refractivity contribution in [1.82, 2.24) is 14.9 Å². The molecule has 2 N–H and O–H groups in total. The standard InChI is InChI=1S/C18H27N3O3S/c1-12(2)20-25(23,24)17-8-4-13(5-9-17)18(22)21(3)16-10-14-6-7-15(11-16)19-14/h4-5,8-9,12,14-16,19-20H,6-7,10-11H2,1-3H3. The van der Waals surface area contributed by atoms with E-state index in [-0.39, 0.29) is 22.9 Å². The molecule has 25 heavy (non-hydrogen) atoms. The molecular weight excluding hydrogens is 338 g/mol. The number of amides is 1. The zero-order valence-corrected chi connectivity index (χ0v) is 15.8. The van der Waals surface area contributed by atoms with E-state index in [9.17, 15) is 13.2 Å². The lowest BCUT2D eigenvalue weighted by Crippen LogP contribution is -2.48. The lowest BCUT2D eigenvalue weighted by atomic mass is 9.98. The Hall–Kier alpha value is -1.44. The Kier molecular flexibility index (Phi) is 5.18. The van der Waals surface area contributed by atoms with Gasteiger partial charge >= 0.3 is 0 Å². The van der Waals surface area contributed by atoms with Crippen molar-refractivity contribution in [3.8, 4) is 0 Å². The Morgan fingerprint density at radius 2 is 1.72 bits per heavy atom. The van der Waals surface area contributed by atoms with Crippen molar-refractivity contribution in [2.24, 2.45) is 0 Å². The predicted octanol–water partition coefficient (Wildman–Crippen LogP) is 1.73. The molecule has 6 nitrogen and oxygen atoms in total. The van der Waals surface area contributed by atoms with Crippen molar-refractivity contribution in [3.05, 3.63) is 29.8 Å². The minimum absolute atomic E-state index is 0.0490. The fraction of sp³-hybridized carbons (Fsp3) is 0.611. The monoisotopic (exact) mass is 365 g/mol. The number of nitrogens with zero attached hydrogens (tertiary/aromatic N) is 1. The molecule has 2 atom stereocenters. The van der Waals surface area contributed by atoms with Gasteiger partial charge in [-0.15, -0.1) is 0 Å². The summed E-state index contributed by atoms with van der Waals surface area (Å²) in [6.45, 7) is 3.55. The Morgan fingerprint density at radius 1 is 1.16 bits per heavy atom. The Balaban J connectivity index is 1.70. The largest absolute Gasteiger partial charge is 0.339 e. The number of benzene rings is 1. The molecule has 1 aromatic carbocycles. The third-order valence-electron chi connectivity index (χ3n) is 5.12. The van der Waals surface area contributed by atoms with Gasteiger partial charge in [0.2, 0.25) is 10.0 Å². The summed E-state index contributed by atoms with van der Waals surface area (Å²) in [5, 5.41) is 3.58. The fourth-order valence-corrected chi connectivity index (χ4v) is 5.12. The summed E-state index contributed by atoms with van der Waals surface area (Å²) in [7, 11) is -1.68. The van der Waals surface area contributed by atoms with Crippen LogP contribution >= 0.6 is 0 Å². The van der Waals surface area contributed by atoms with Gasteiger partial charge in [-0.25, -0.2) is 13.1 Å². The van der Waals surface area contributed by atoms with E-state index in [4.69, 9.17) is 0 Å². The third-order valence-corrected chi connectivity index (χ3v) is 6.79.